The summed E-state index contributed by atoms with van der Waals surface area (Å²) in [6.07, 6.45) is 1.58. The maximum absolute atomic E-state index is 11.6. The van der Waals surface area contributed by atoms with Crippen molar-refractivity contribution in [3.8, 4) is 0 Å². The molecule has 2 N–H and O–H groups in total. The second kappa shape index (κ2) is 6.62. The Balaban J connectivity index is 1.89. The highest BCUT2D eigenvalue weighted by Gasteiger charge is 2.24. The van der Waals surface area contributed by atoms with E-state index in [4.69, 9.17) is 5.73 Å². The first-order chi connectivity index (χ1) is 11.4. The second-order valence-corrected chi connectivity index (χ2v) is 6.72. The molecular formula is C15H17N5O3S. The number of rotatable bonds is 3. The lowest BCUT2D eigenvalue weighted by Gasteiger charge is -2.33. The fourth-order valence-corrected chi connectivity index (χ4v) is 3.35. The summed E-state index contributed by atoms with van der Waals surface area (Å²) in [6.45, 7) is 3.22. The van der Waals surface area contributed by atoms with Crippen molar-refractivity contribution >= 4 is 40.3 Å². The van der Waals surface area contributed by atoms with E-state index in [2.05, 4.69) is 9.89 Å². The van der Waals surface area contributed by atoms with Crippen molar-refractivity contribution in [1.29, 1.82) is 0 Å². The first kappa shape index (κ1) is 16.5. The Morgan fingerprint density at radius 3 is 2.62 bits per heavy atom. The second-order valence-electron chi connectivity index (χ2n) is 5.66. The zero-order chi connectivity index (χ0) is 17.3. The largest absolute Gasteiger partial charge is 0.378 e. The van der Waals surface area contributed by atoms with Gasteiger partial charge in [0.05, 0.1) is 9.83 Å². The van der Waals surface area contributed by atoms with E-state index < -0.39 is 5.91 Å². The monoisotopic (exact) mass is 347 g/mol. The van der Waals surface area contributed by atoms with E-state index in [1.165, 1.54) is 6.07 Å². The number of nitro groups is 1. The summed E-state index contributed by atoms with van der Waals surface area (Å²) in [5.41, 5.74) is 6.74. The summed E-state index contributed by atoms with van der Waals surface area (Å²) < 4.78 is 0. The smallest absolute Gasteiger partial charge is 0.293 e. The van der Waals surface area contributed by atoms with Gasteiger partial charge in [0.25, 0.3) is 11.6 Å². The van der Waals surface area contributed by atoms with Crippen LogP contribution in [0.25, 0.3) is 6.08 Å². The molecule has 1 fully saturated rings. The summed E-state index contributed by atoms with van der Waals surface area (Å²) >= 11 is 1.07. The molecule has 1 aromatic carbocycles. The van der Waals surface area contributed by atoms with Crippen LogP contribution in [0.3, 0.4) is 0 Å². The lowest BCUT2D eigenvalue weighted by molar-refractivity contribution is -0.384. The zero-order valence-corrected chi connectivity index (χ0v) is 14.0. The number of likely N-dealkylation sites (N-methyl/N-ethyl adjacent to an activating group) is 1. The third kappa shape index (κ3) is 3.41. The molecule has 2 aliphatic rings. The van der Waals surface area contributed by atoms with E-state index in [1.54, 1.807) is 18.2 Å². The Bertz CT molecular complexity index is 753. The number of nitrogens with two attached hydrogens (primary N) is 1. The topological polar surface area (TPSA) is 105 Å². The van der Waals surface area contributed by atoms with Gasteiger partial charge in [-0.3, -0.25) is 14.9 Å². The number of anilines is 1. The van der Waals surface area contributed by atoms with Crippen molar-refractivity contribution < 1.29 is 9.72 Å². The highest BCUT2D eigenvalue weighted by atomic mass is 32.2. The Kier molecular flexibility index (Phi) is 4.54. The van der Waals surface area contributed by atoms with Gasteiger partial charge in [-0.1, -0.05) is 6.07 Å². The third-order valence-electron chi connectivity index (χ3n) is 3.97. The van der Waals surface area contributed by atoms with Crippen LogP contribution in [-0.4, -0.2) is 54.1 Å². The molecule has 0 aromatic heterocycles. The average Bonchev–Trinajstić information content (AvgIpc) is 2.85. The summed E-state index contributed by atoms with van der Waals surface area (Å²) in [5.74, 6) is -0.414. The molecule has 3 rings (SSSR count). The van der Waals surface area contributed by atoms with Crippen LogP contribution in [-0.2, 0) is 4.79 Å². The van der Waals surface area contributed by atoms with Crippen molar-refractivity contribution in [2.75, 3.05) is 38.1 Å². The van der Waals surface area contributed by atoms with Crippen molar-refractivity contribution in [1.82, 2.24) is 4.90 Å². The molecule has 1 amide bonds. The van der Waals surface area contributed by atoms with Crippen molar-refractivity contribution in [2.24, 2.45) is 10.7 Å². The van der Waals surface area contributed by atoms with Crippen molar-refractivity contribution in [3.63, 3.8) is 0 Å². The molecule has 126 valence electrons. The van der Waals surface area contributed by atoms with Crippen LogP contribution in [0.5, 0.6) is 0 Å². The van der Waals surface area contributed by atoms with Gasteiger partial charge in [0, 0.05) is 32.2 Å². The quantitative estimate of drug-likeness (QED) is 0.499. The van der Waals surface area contributed by atoms with Gasteiger partial charge >= 0.3 is 0 Å². The number of carbonyl (C=O) groups is 1. The van der Waals surface area contributed by atoms with Gasteiger partial charge < -0.3 is 15.5 Å². The number of carbonyl (C=O) groups excluding carboxylic acids is 1. The third-order valence-corrected chi connectivity index (χ3v) is 4.79. The van der Waals surface area contributed by atoms with Crippen LogP contribution >= 0.6 is 11.8 Å². The van der Waals surface area contributed by atoms with Gasteiger partial charge in [-0.15, -0.1) is 0 Å². The van der Waals surface area contributed by atoms with Crippen LogP contribution in [0.2, 0.25) is 0 Å². The van der Waals surface area contributed by atoms with Crippen LogP contribution < -0.4 is 10.6 Å². The minimum Gasteiger partial charge on any atom is -0.378 e. The van der Waals surface area contributed by atoms with E-state index in [0.717, 1.165) is 37.9 Å². The van der Waals surface area contributed by atoms with Crippen molar-refractivity contribution in [2.45, 2.75) is 0 Å². The summed E-state index contributed by atoms with van der Waals surface area (Å²) in [4.78, 5) is 30.9. The molecule has 0 unspecified atom stereocenters. The van der Waals surface area contributed by atoms with E-state index in [1.807, 2.05) is 11.9 Å². The molecule has 24 heavy (non-hydrogen) atoms. The zero-order valence-electron chi connectivity index (χ0n) is 13.1. The predicted octanol–water partition coefficient (Wildman–Crippen LogP) is 1.28. The number of nitro benzene ring substituents is 1. The summed E-state index contributed by atoms with van der Waals surface area (Å²) in [5, 5.41) is 11.7. The molecule has 8 nitrogen and oxygen atoms in total. The Morgan fingerprint density at radius 1 is 1.33 bits per heavy atom. The fourth-order valence-electron chi connectivity index (χ4n) is 2.67. The number of piperazine rings is 1. The lowest BCUT2D eigenvalue weighted by atomic mass is 10.1. The Labute approximate surface area is 143 Å². The molecule has 0 bridgehead atoms. The number of hydrogen-bond donors (Lipinski definition) is 1. The van der Waals surface area contributed by atoms with Gasteiger partial charge in [0.15, 0.2) is 5.17 Å². The number of thioether (sulfide) groups is 1. The van der Waals surface area contributed by atoms with Gasteiger partial charge in [0.2, 0.25) is 0 Å². The molecule has 1 saturated heterocycles. The van der Waals surface area contributed by atoms with Gasteiger partial charge in [0.1, 0.15) is 5.69 Å². The summed E-state index contributed by atoms with van der Waals surface area (Å²) in [6, 6.07) is 5.00. The molecule has 0 spiro atoms. The molecule has 1 aromatic rings. The molecule has 9 heteroatoms. The van der Waals surface area contributed by atoms with E-state index in [0.29, 0.717) is 16.2 Å². The molecular weight excluding hydrogens is 330 g/mol. The van der Waals surface area contributed by atoms with Crippen LogP contribution in [0.1, 0.15) is 5.56 Å². The fraction of sp³-hybridized carbons (Fsp3) is 0.333. The molecule has 0 saturated carbocycles. The van der Waals surface area contributed by atoms with Crippen molar-refractivity contribution in [3.05, 3.63) is 38.8 Å². The predicted molar refractivity (Wildman–Crippen MR) is 95.0 cm³/mol. The van der Waals surface area contributed by atoms with Gasteiger partial charge in [-0.25, -0.2) is 0 Å². The van der Waals surface area contributed by atoms with Crippen LogP contribution in [0.4, 0.5) is 11.4 Å². The average molecular weight is 347 g/mol. The minimum absolute atomic E-state index is 0.0400. The number of nitrogens with zero attached hydrogens (tertiary/aromatic N) is 4. The molecule has 2 aliphatic heterocycles. The molecule has 0 aliphatic carbocycles. The number of aliphatic imine (C=N–C) groups is 1. The highest BCUT2D eigenvalue weighted by Crippen LogP contribution is 2.32. The molecule has 2 heterocycles. The van der Waals surface area contributed by atoms with Gasteiger partial charge in [-0.05, 0) is 36.5 Å². The van der Waals surface area contributed by atoms with Crippen LogP contribution in [0, 0.1) is 10.1 Å². The minimum atomic E-state index is -0.414. The van der Waals surface area contributed by atoms with Gasteiger partial charge in [-0.2, -0.15) is 4.99 Å². The highest BCUT2D eigenvalue weighted by molar-refractivity contribution is 8.18. The van der Waals surface area contributed by atoms with E-state index >= 15 is 0 Å². The maximum atomic E-state index is 11.6. The number of hydrogen-bond acceptors (Lipinski definition) is 7. The SMILES string of the molecule is CN1CCN(c2ccc(C=C3SC(N)=NC3=O)cc2[N+](=O)[O-])CC1. The summed E-state index contributed by atoms with van der Waals surface area (Å²) in [7, 11) is 2.03. The maximum Gasteiger partial charge on any atom is 0.293 e. The Hall–Kier alpha value is -2.39. The normalized spacial score (nSPS) is 20.5. The first-order valence-electron chi connectivity index (χ1n) is 7.44. The standard InChI is InChI=1S/C15H17N5O3S/c1-18-4-6-19(7-5-18)11-3-2-10(8-12(11)20(22)23)9-13-14(21)17-15(16)24-13/h2-3,8-9H,4-7H2,1H3,(H2,16,17,21). The number of amidine groups is 1. The first-order valence-corrected chi connectivity index (χ1v) is 8.25. The number of benzene rings is 1. The lowest BCUT2D eigenvalue weighted by Crippen LogP contribution is -2.44. The Morgan fingerprint density at radius 2 is 2.04 bits per heavy atom. The van der Waals surface area contributed by atoms with Crippen LogP contribution in [0.15, 0.2) is 28.1 Å². The van der Waals surface area contributed by atoms with E-state index in [-0.39, 0.29) is 15.8 Å². The molecule has 0 radical (unpaired) electrons. The molecule has 0 atom stereocenters. The number of amides is 1. The van der Waals surface area contributed by atoms with E-state index in [9.17, 15) is 14.9 Å².